The quantitative estimate of drug-likeness (QED) is 0.660. The van der Waals surface area contributed by atoms with E-state index in [0.717, 1.165) is 31.0 Å². The SMILES string of the molecule is O=C(Nc1cc(S(=O)(=O)N2CCCC2)ccc1OCC(F)(F)F)c1ccc(Cl)nc1. The lowest BCUT2D eigenvalue weighted by molar-refractivity contribution is -0.153. The first-order chi connectivity index (χ1) is 14.1. The molecule has 12 heteroatoms. The number of pyridine rings is 1. The molecule has 1 aliphatic rings. The number of benzene rings is 1. The monoisotopic (exact) mass is 463 g/mol. The molecule has 1 amide bonds. The smallest absolute Gasteiger partial charge is 0.422 e. The van der Waals surface area contributed by atoms with Crippen LogP contribution in [0.1, 0.15) is 23.2 Å². The summed E-state index contributed by atoms with van der Waals surface area (Å²) in [5, 5.41) is 2.54. The van der Waals surface area contributed by atoms with Gasteiger partial charge in [-0.05, 0) is 43.2 Å². The van der Waals surface area contributed by atoms with Crippen molar-refractivity contribution in [1.82, 2.24) is 9.29 Å². The first-order valence-electron chi connectivity index (χ1n) is 8.83. The van der Waals surface area contributed by atoms with Gasteiger partial charge >= 0.3 is 6.18 Å². The number of amides is 1. The molecule has 1 aromatic carbocycles. The number of ether oxygens (including phenoxy) is 1. The number of aromatic nitrogens is 1. The van der Waals surface area contributed by atoms with Crippen molar-refractivity contribution >= 4 is 33.2 Å². The minimum absolute atomic E-state index is 0.0778. The largest absolute Gasteiger partial charge is 0.482 e. The highest BCUT2D eigenvalue weighted by Gasteiger charge is 2.31. The van der Waals surface area contributed by atoms with Crippen LogP contribution in [0.3, 0.4) is 0 Å². The molecule has 1 N–H and O–H groups in total. The van der Waals surface area contributed by atoms with Gasteiger partial charge in [-0.3, -0.25) is 4.79 Å². The van der Waals surface area contributed by atoms with Gasteiger partial charge in [0.2, 0.25) is 10.0 Å². The lowest BCUT2D eigenvalue weighted by Crippen LogP contribution is -2.28. The third-order valence-corrected chi connectivity index (χ3v) is 6.40. The highest BCUT2D eigenvalue weighted by molar-refractivity contribution is 7.89. The summed E-state index contributed by atoms with van der Waals surface area (Å²) in [7, 11) is -3.85. The second-order valence-electron chi connectivity index (χ2n) is 6.50. The molecule has 2 aromatic rings. The van der Waals surface area contributed by atoms with E-state index in [2.05, 4.69) is 10.3 Å². The highest BCUT2D eigenvalue weighted by atomic mass is 35.5. The number of carbonyl (C=O) groups is 1. The Morgan fingerprint density at radius 2 is 1.90 bits per heavy atom. The molecule has 0 atom stereocenters. The number of hydrogen-bond donors (Lipinski definition) is 1. The Balaban J connectivity index is 1.93. The van der Waals surface area contributed by atoms with Crippen molar-refractivity contribution in [2.24, 2.45) is 0 Å². The van der Waals surface area contributed by atoms with Crippen LogP contribution in [0.25, 0.3) is 0 Å². The zero-order chi connectivity index (χ0) is 21.9. The van der Waals surface area contributed by atoms with E-state index in [-0.39, 0.29) is 27.0 Å². The van der Waals surface area contributed by atoms with Gasteiger partial charge in [-0.1, -0.05) is 11.6 Å². The van der Waals surface area contributed by atoms with Gasteiger partial charge in [0.1, 0.15) is 10.9 Å². The van der Waals surface area contributed by atoms with Gasteiger partial charge in [0.25, 0.3) is 5.91 Å². The van der Waals surface area contributed by atoms with Crippen molar-refractivity contribution in [3.63, 3.8) is 0 Å². The molecule has 1 saturated heterocycles. The number of sulfonamides is 1. The van der Waals surface area contributed by atoms with Crippen LogP contribution in [0.2, 0.25) is 5.15 Å². The van der Waals surface area contributed by atoms with Gasteiger partial charge in [-0.15, -0.1) is 0 Å². The lowest BCUT2D eigenvalue weighted by atomic mass is 10.2. The summed E-state index contributed by atoms with van der Waals surface area (Å²) in [6, 6.07) is 6.06. The molecule has 1 fully saturated rings. The fourth-order valence-corrected chi connectivity index (χ4v) is 4.49. The van der Waals surface area contributed by atoms with Crippen LogP contribution in [-0.4, -0.2) is 49.5 Å². The molecule has 0 radical (unpaired) electrons. The number of anilines is 1. The predicted molar refractivity (Wildman–Crippen MR) is 103 cm³/mol. The summed E-state index contributed by atoms with van der Waals surface area (Å²) < 4.78 is 69.3. The van der Waals surface area contributed by atoms with Gasteiger partial charge in [0, 0.05) is 19.3 Å². The van der Waals surface area contributed by atoms with Crippen molar-refractivity contribution < 1.29 is 31.1 Å². The molecule has 0 aliphatic carbocycles. The molecule has 0 saturated carbocycles. The Hall–Kier alpha value is -2.37. The minimum atomic E-state index is -4.61. The third-order valence-electron chi connectivity index (χ3n) is 4.28. The van der Waals surface area contributed by atoms with Crippen molar-refractivity contribution in [2.45, 2.75) is 23.9 Å². The number of halogens is 4. The van der Waals surface area contributed by atoms with Gasteiger partial charge in [-0.25, -0.2) is 13.4 Å². The zero-order valence-electron chi connectivity index (χ0n) is 15.4. The molecular formula is C18H17ClF3N3O4S. The molecule has 0 spiro atoms. The molecule has 7 nitrogen and oxygen atoms in total. The standard InChI is InChI=1S/C18H17ClF3N3O4S/c19-16-6-3-12(10-23-16)17(26)24-14-9-13(30(27,28)25-7-1-2-8-25)4-5-15(14)29-11-18(20,21)22/h3-6,9-10H,1-2,7-8,11H2,(H,24,26). The molecule has 0 unspecified atom stereocenters. The molecule has 3 rings (SSSR count). The number of nitrogens with zero attached hydrogens (tertiary/aromatic N) is 2. The molecule has 2 heterocycles. The maximum Gasteiger partial charge on any atom is 0.422 e. The minimum Gasteiger partial charge on any atom is -0.482 e. The van der Waals surface area contributed by atoms with E-state index < -0.39 is 28.7 Å². The van der Waals surface area contributed by atoms with Gasteiger partial charge < -0.3 is 10.1 Å². The van der Waals surface area contributed by atoms with Gasteiger partial charge in [0.05, 0.1) is 16.1 Å². The normalized spacial score (nSPS) is 15.2. The second-order valence-corrected chi connectivity index (χ2v) is 8.82. The highest BCUT2D eigenvalue weighted by Crippen LogP contribution is 2.32. The first-order valence-corrected chi connectivity index (χ1v) is 10.6. The second kappa shape index (κ2) is 8.78. The number of alkyl halides is 3. The fraction of sp³-hybridized carbons (Fsp3) is 0.333. The Bertz CT molecular complexity index is 1020. The average Bonchev–Trinajstić information content (AvgIpc) is 3.22. The Labute approximate surface area is 175 Å². The van der Waals surface area contributed by atoms with Crippen molar-refractivity contribution in [3.8, 4) is 5.75 Å². The van der Waals surface area contributed by atoms with Crippen molar-refractivity contribution in [3.05, 3.63) is 47.2 Å². The topological polar surface area (TPSA) is 88.6 Å². The van der Waals surface area contributed by atoms with Crippen LogP contribution in [0.15, 0.2) is 41.4 Å². The summed E-state index contributed by atoms with van der Waals surface area (Å²) in [6.45, 7) is -0.893. The van der Waals surface area contributed by atoms with E-state index in [1.165, 1.54) is 22.6 Å². The van der Waals surface area contributed by atoms with E-state index in [0.29, 0.717) is 13.1 Å². The third kappa shape index (κ3) is 5.41. The van der Waals surface area contributed by atoms with Gasteiger partial charge in [-0.2, -0.15) is 17.5 Å². The summed E-state index contributed by atoms with van der Waals surface area (Å²) in [5.41, 5.74) is -0.131. The maximum absolute atomic E-state index is 12.8. The van der Waals surface area contributed by atoms with Crippen LogP contribution in [0.5, 0.6) is 5.75 Å². The van der Waals surface area contributed by atoms with Gasteiger partial charge in [0.15, 0.2) is 6.61 Å². The van der Waals surface area contributed by atoms with Crippen molar-refractivity contribution in [2.75, 3.05) is 25.0 Å². The maximum atomic E-state index is 12.8. The molecule has 30 heavy (non-hydrogen) atoms. The first kappa shape index (κ1) is 22.3. The molecule has 1 aliphatic heterocycles. The Kier molecular flexibility index (Phi) is 6.53. The summed E-state index contributed by atoms with van der Waals surface area (Å²) >= 11 is 5.68. The number of rotatable bonds is 6. The van der Waals surface area contributed by atoms with Crippen LogP contribution in [-0.2, 0) is 10.0 Å². The van der Waals surface area contributed by atoms with Crippen LogP contribution >= 0.6 is 11.6 Å². The summed E-state index contributed by atoms with van der Waals surface area (Å²) in [4.78, 5) is 16.1. The van der Waals surface area contributed by atoms with E-state index >= 15 is 0 Å². The van der Waals surface area contributed by atoms with E-state index in [1.54, 1.807) is 0 Å². The van der Waals surface area contributed by atoms with Crippen LogP contribution < -0.4 is 10.1 Å². The van der Waals surface area contributed by atoms with E-state index in [4.69, 9.17) is 16.3 Å². The lowest BCUT2D eigenvalue weighted by Gasteiger charge is -2.18. The van der Waals surface area contributed by atoms with E-state index in [9.17, 15) is 26.4 Å². The van der Waals surface area contributed by atoms with Crippen LogP contribution in [0, 0.1) is 0 Å². The molecule has 0 bridgehead atoms. The number of nitrogens with one attached hydrogen (secondary N) is 1. The summed E-state index contributed by atoms with van der Waals surface area (Å²) in [5.74, 6) is -1.03. The average molecular weight is 464 g/mol. The number of carbonyl (C=O) groups excluding carboxylic acids is 1. The van der Waals surface area contributed by atoms with Crippen LogP contribution in [0.4, 0.5) is 18.9 Å². The van der Waals surface area contributed by atoms with E-state index in [1.807, 2.05) is 0 Å². The molecule has 162 valence electrons. The number of hydrogen-bond acceptors (Lipinski definition) is 5. The Morgan fingerprint density at radius 3 is 2.50 bits per heavy atom. The molecule has 1 aromatic heterocycles. The molecular weight excluding hydrogens is 447 g/mol. The zero-order valence-corrected chi connectivity index (χ0v) is 17.0. The predicted octanol–water partition coefficient (Wildman–Crippen LogP) is 3.71. The fourth-order valence-electron chi connectivity index (χ4n) is 2.83. The van der Waals surface area contributed by atoms with Crippen molar-refractivity contribution in [1.29, 1.82) is 0 Å². The summed E-state index contributed by atoms with van der Waals surface area (Å²) in [6.07, 6.45) is -1.99. The Morgan fingerprint density at radius 1 is 1.20 bits per heavy atom.